The maximum atomic E-state index is 16.0. The third-order valence-corrected chi connectivity index (χ3v) is 8.64. The number of hydrogen-bond acceptors (Lipinski definition) is 6. The second kappa shape index (κ2) is 11.7. The second-order valence-corrected chi connectivity index (χ2v) is 11.7. The van der Waals surface area contributed by atoms with Gasteiger partial charge >= 0.3 is 0 Å². The molecule has 5 nitrogen and oxygen atoms in total. The number of anilines is 1. The summed E-state index contributed by atoms with van der Waals surface area (Å²) in [5.74, 6) is -3.23. The summed E-state index contributed by atoms with van der Waals surface area (Å²) in [5.41, 5.74) is 6.63. The fourth-order valence-electron chi connectivity index (χ4n) is 4.99. The van der Waals surface area contributed by atoms with Gasteiger partial charge in [0.2, 0.25) is 0 Å². The number of allylic oxidation sites excluding steroid dienone is 6. The highest BCUT2D eigenvalue weighted by molar-refractivity contribution is 7.16. The summed E-state index contributed by atoms with van der Waals surface area (Å²) in [6.07, 6.45) is 8.22. The Labute approximate surface area is 248 Å². The molecule has 0 unspecified atom stereocenters. The van der Waals surface area contributed by atoms with Crippen molar-refractivity contribution in [3.8, 4) is 10.4 Å². The van der Waals surface area contributed by atoms with Gasteiger partial charge < -0.3 is 5.32 Å². The van der Waals surface area contributed by atoms with Crippen LogP contribution in [-0.2, 0) is 6.54 Å². The van der Waals surface area contributed by atoms with Gasteiger partial charge in [0.05, 0.1) is 41.1 Å². The molecule has 3 aromatic rings. The molecule has 216 valence electrons. The van der Waals surface area contributed by atoms with E-state index >= 15 is 4.39 Å². The van der Waals surface area contributed by atoms with E-state index in [2.05, 4.69) is 46.1 Å². The molecule has 0 amide bonds. The fourth-order valence-corrected chi connectivity index (χ4v) is 5.99. The third-order valence-electron chi connectivity index (χ3n) is 7.36. The van der Waals surface area contributed by atoms with Crippen LogP contribution in [0.5, 0.6) is 0 Å². The lowest BCUT2D eigenvalue weighted by Gasteiger charge is -2.25. The van der Waals surface area contributed by atoms with Crippen molar-refractivity contribution in [2.45, 2.75) is 39.7 Å². The minimum atomic E-state index is -2.68. The van der Waals surface area contributed by atoms with Crippen LogP contribution in [0.15, 0.2) is 96.6 Å². The Hall–Kier alpha value is -4.08. The van der Waals surface area contributed by atoms with E-state index in [1.165, 1.54) is 6.20 Å². The Balaban J connectivity index is 1.36. The van der Waals surface area contributed by atoms with Gasteiger partial charge in [0, 0.05) is 64.6 Å². The summed E-state index contributed by atoms with van der Waals surface area (Å²) in [6, 6.07) is 5.84. The molecule has 0 spiro atoms. The van der Waals surface area contributed by atoms with Gasteiger partial charge in [-0.2, -0.15) is 0 Å². The third kappa shape index (κ3) is 5.93. The van der Waals surface area contributed by atoms with Crippen LogP contribution in [0.3, 0.4) is 0 Å². The first kappa shape index (κ1) is 29.4. The van der Waals surface area contributed by atoms with E-state index < -0.39 is 11.7 Å². The van der Waals surface area contributed by atoms with Gasteiger partial charge in [0.1, 0.15) is 5.83 Å². The summed E-state index contributed by atoms with van der Waals surface area (Å²) in [7, 11) is 0. The highest BCUT2D eigenvalue weighted by atomic mass is 32.1. The molecule has 1 fully saturated rings. The number of thiophene rings is 1. The predicted octanol–water partition coefficient (Wildman–Crippen LogP) is 8.61. The summed E-state index contributed by atoms with van der Waals surface area (Å²) < 4.78 is 43.3. The van der Waals surface area contributed by atoms with Crippen LogP contribution in [0.2, 0.25) is 0 Å². The lowest BCUT2D eigenvalue weighted by atomic mass is 9.92. The topological polar surface area (TPSA) is 53.4 Å². The van der Waals surface area contributed by atoms with Crippen molar-refractivity contribution in [3.05, 3.63) is 113 Å². The zero-order valence-corrected chi connectivity index (χ0v) is 24.7. The lowest BCUT2D eigenvalue weighted by molar-refractivity contribution is 0.0115. The standard InChI is InChI=1S/C33H32F3N5S/c1-7-26-30(31(34)20(4)24-12-23(13-37-14-24)17-41-11-10-33(35,36)18-41)32(40-26)22(6)39-27-16-38-15-25(21(27)5)29-9-8-28(42-29)19(2)3/h7-9,12-16,39H,2,4,6,10-11,17-18H2,1,3,5H3/b26-7+,31-30-. The number of nitrogens with zero attached hydrogens (tertiary/aromatic N) is 4. The lowest BCUT2D eigenvalue weighted by Crippen LogP contribution is -2.25. The van der Waals surface area contributed by atoms with Crippen LogP contribution in [0, 0.1) is 6.92 Å². The number of alkyl halides is 2. The molecule has 3 aromatic heterocycles. The van der Waals surface area contributed by atoms with Crippen LogP contribution in [-0.4, -0.2) is 39.6 Å². The van der Waals surface area contributed by atoms with Crippen molar-refractivity contribution in [1.29, 1.82) is 0 Å². The molecule has 5 heterocycles. The van der Waals surface area contributed by atoms with Crippen molar-refractivity contribution in [2.24, 2.45) is 4.99 Å². The first-order valence-electron chi connectivity index (χ1n) is 13.5. The number of aromatic nitrogens is 2. The van der Waals surface area contributed by atoms with Gasteiger partial charge in [0.25, 0.3) is 5.92 Å². The number of rotatable bonds is 9. The Morgan fingerprint density at radius 2 is 1.90 bits per heavy atom. The Morgan fingerprint density at radius 3 is 2.57 bits per heavy atom. The number of pyridine rings is 2. The van der Waals surface area contributed by atoms with Crippen molar-refractivity contribution in [3.63, 3.8) is 0 Å². The summed E-state index contributed by atoms with van der Waals surface area (Å²) in [5, 5.41) is 3.28. The minimum absolute atomic E-state index is 0.136. The predicted molar refractivity (Wildman–Crippen MR) is 167 cm³/mol. The van der Waals surface area contributed by atoms with Crippen LogP contribution < -0.4 is 5.32 Å². The highest BCUT2D eigenvalue weighted by Gasteiger charge is 2.38. The zero-order valence-electron chi connectivity index (χ0n) is 23.9. The van der Waals surface area contributed by atoms with Crippen molar-refractivity contribution in [2.75, 3.05) is 18.4 Å². The first-order chi connectivity index (χ1) is 20.0. The molecule has 1 N–H and O–H groups in total. The molecule has 9 heteroatoms. The molecular weight excluding hydrogens is 555 g/mol. The molecule has 0 bridgehead atoms. The van der Waals surface area contributed by atoms with Gasteiger partial charge in [-0.1, -0.05) is 25.8 Å². The van der Waals surface area contributed by atoms with Crippen LogP contribution in [0.1, 0.15) is 41.8 Å². The van der Waals surface area contributed by atoms with E-state index in [1.54, 1.807) is 47.7 Å². The quantitative estimate of drug-likeness (QED) is 0.272. The van der Waals surface area contributed by atoms with E-state index in [4.69, 9.17) is 0 Å². The molecule has 2 aliphatic rings. The molecular formula is C33H32F3N5S. The highest BCUT2D eigenvalue weighted by Crippen LogP contribution is 2.39. The van der Waals surface area contributed by atoms with E-state index in [-0.39, 0.29) is 18.5 Å². The fraction of sp³-hybridized carbons (Fsp3) is 0.242. The number of nitrogens with one attached hydrogen (secondary N) is 1. The minimum Gasteiger partial charge on any atom is -0.353 e. The zero-order chi connectivity index (χ0) is 30.2. The number of hydrogen-bond donors (Lipinski definition) is 1. The average Bonchev–Trinajstić information content (AvgIpc) is 3.55. The molecule has 42 heavy (non-hydrogen) atoms. The largest absolute Gasteiger partial charge is 0.353 e. The van der Waals surface area contributed by atoms with Crippen LogP contribution in [0.4, 0.5) is 18.9 Å². The summed E-state index contributed by atoms with van der Waals surface area (Å²) in [4.78, 5) is 17.0. The molecule has 5 rings (SSSR count). The van der Waals surface area contributed by atoms with Crippen molar-refractivity contribution >= 4 is 33.9 Å². The molecule has 0 atom stereocenters. The van der Waals surface area contributed by atoms with Crippen LogP contribution >= 0.6 is 11.3 Å². The van der Waals surface area contributed by atoms with Gasteiger partial charge in [-0.05, 0) is 55.7 Å². The molecule has 0 aliphatic carbocycles. The van der Waals surface area contributed by atoms with E-state index in [9.17, 15) is 8.78 Å². The molecule has 0 radical (unpaired) electrons. The van der Waals surface area contributed by atoms with Gasteiger partial charge in [-0.15, -0.1) is 11.3 Å². The molecule has 2 aliphatic heterocycles. The monoisotopic (exact) mass is 587 g/mol. The van der Waals surface area contributed by atoms with Gasteiger partial charge in [-0.3, -0.25) is 14.9 Å². The molecule has 1 saturated heterocycles. The maximum Gasteiger partial charge on any atom is 0.261 e. The van der Waals surface area contributed by atoms with Crippen LogP contribution in [0.25, 0.3) is 21.6 Å². The molecule has 0 saturated carbocycles. The van der Waals surface area contributed by atoms with Crippen molar-refractivity contribution < 1.29 is 13.2 Å². The smallest absolute Gasteiger partial charge is 0.261 e. The summed E-state index contributed by atoms with van der Waals surface area (Å²) in [6.45, 7) is 18.2. The van der Waals surface area contributed by atoms with E-state index in [0.717, 1.165) is 32.1 Å². The SMILES string of the molecule is C=C(Nc1cncc(-c2ccc(C(=C)C)s2)c1C)C1=NC(=C/C)/C1=C(/F)C(=C)c1cncc(CN2CCC(F)(F)C2)c1. The van der Waals surface area contributed by atoms with Gasteiger partial charge in [-0.25, -0.2) is 18.2 Å². The Bertz CT molecular complexity index is 1690. The van der Waals surface area contributed by atoms with E-state index in [0.29, 0.717) is 46.9 Å². The number of likely N-dealkylation sites (tertiary alicyclic amines) is 1. The summed E-state index contributed by atoms with van der Waals surface area (Å²) >= 11 is 1.65. The number of aliphatic imine (C=N–C) groups is 1. The Kier molecular flexibility index (Phi) is 8.17. The average molecular weight is 588 g/mol. The molecule has 0 aromatic carbocycles. The first-order valence-corrected chi connectivity index (χ1v) is 14.4. The normalized spacial score (nSPS) is 18.4. The Morgan fingerprint density at radius 1 is 1.14 bits per heavy atom. The van der Waals surface area contributed by atoms with Gasteiger partial charge in [0.15, 0.2) is 0 Å². The van der Waals surface area contributed by atoms with Crippen molar-refractivity contribution in [1.82, 2.24) is 14.9 Å². The number of halogens is 3. The second-order valence-electron chi connectivity index (χ2n) is 10.6. The van der Waals surface area contributed by atoms with E-state index in [1.807, 2.05) is 26.1 Å². The maximum absolute atomic E-state index is 16.0.